The van der Waals surface area contributed by atoms with Gasteiger partial charge in [0.05, 0.1) is 33.9 Å². The van der Waals surface area contributed by atoms with Crippen molar-refractivity contribution < 1.29 is 9.53 Å². The van der Waals surface area contributed by atoms with Gasteiger partial charge in [0.1, 0.15) is 5.75 Å². The van der Waals surface area contributed by atoms with E-state index in [4.69, 9.17) is 32.9 Å². The molecule has 1 aromatic heterocycles. The second kappa shape index (κ2) is 8.58. The molecule has 6 heteroatoms. The molecule has 3 aromatic carbocycles. The Balaban J connectivity index is 1.84. The van der Waals surface area contributed by atoms with Crippen LogP contribution in [0.2, 0.25) is 10.0 Å². The number of carbonyl (C=O) groups is 1. The van der Waals surface area contributed by atoms with E-state index in [0.717, 1.165) is 33.3 Å². The average Bonchev–Trinajstić information content (AvgIpc) is 2.75. The van der Waals surface area contributed by atoms with Crippen LogP contribution in [0, 0.1) is 13.8 Å². The first kappa shape index (κ1) is 21.2. The molecule has 0 atom stereocenters. The highest BCUT2D eigenvalue weighted by Crippen LogP contribution is 2.30. The average molecular weight is 451 g/mol. The van der Waals surface area contributed by atoms with Gasteiger partial charge in [-0.3, -0.25) is 4.79 Å². The molecule has 1 N–H and O–H groups in total. The minimum Gasteiger partial charge on any atom is -0.497 e. The number of carbonyl (C=O) groups excluding carboxylic acids is 1. The van der Waals surface area contributed by atoms with Gasteiger partial charge in [-0.05, 0) is 74.0 Å². The smallest absolute Gasteiger partial charge is 0.256 e. The van der Waals surface area contributed by atoms with Crippen LogP contribution in [0.25, 0.3) is 22.2 Å². The third-order valence-corrected chi connectivity index (χ3v) is 5.80. The van der Waals surface area contributed by atoms with Gasteiger partial charge in [0.25, 0.3) is 5.91 Å². The molecule has 0 bridgehead atoms. The van der Waals surface area contributed by atoms with E-state index in [2.05, 4.69) is 11.4 Å². The quantitative estimate of drug-likeness (QED) is 0.361. The number of fused-ring (bicyclic) bond motifs is 1. The van der Waals surface area contributed by atoms with E-state index in [-0.39, 0.29) is 5.91 Å². The van der Waals surface area contributed by atoms with E-state index in [9.17, 15) is 4.79 Å². The number of aromatic nitrogens is 1. The van der Waals surface area contributed by atoms with Gasteiger partial charge in [0.2, 0.25) is 0 Å². The molecule has 4 rings (SSSR count). The van der Waals surface area contributed by atoms with E-state index in [1.807, 2.05) is 50.2 Å². The van der Waals surface area contributed by atoms with Gasteiger partial charge in [-0.25, -0.2) is 4.98 Å². The van der Waals surface area contributed by atoms with E-state index in [1.165, 1.54) is 0 Å². The van der Waals surface area contributed by atoms with Crippen molar-refractivity contribution in [2.75, 3.05) is 12.4 Å². The van der Waals surface area contributed by atoms with Crippen LogP contribution >= 0.6 is 23.2 Å². The maximum Gasteiger partial charge on any atom is 0.256 e. The molecule has 4 nitrogen and oxygen atoms in total. The lowest BCUT2D eigenvalue weighted by Gasteiger charge is -2.13. The first-order valence-corrected chi connectivity index (χ1v) is 10.4. The summed E-state index contributed by atoms with van der Waals surface area (Å²) in [5.74, 6) is 0.513. The highest BCUT2D eigenvalue weighted by Gasteiger charge is 2.16. The fourth-order valence-electron chi connectivity index (χ4n) is 3.55. The van der Waals surface area contributed by atoms with Gasteiger partial charge in [-0.1, -0.05) is 34.8 Å². The van der Waals surface area contributed by atoms with Crippen molar-refractivity contribution in [3.8, 4) is 17.0 Å². The summed E-state index contributed by atoms with van der Waals surface area (Å²) in [5.41, 5.74) is 5.57. The van der Waals surface area contributed by atoms with Crippen molar-refractivity contribution in [2.24, 2.45) is 0 Å². The summed E-state index contributed by atoms with van der Waals surface area (Å²) >= 11 is 12.1. The minimum atomic E-state index is -0.245. The fourth-order valence-corrected chi connectivity index (χ4v) is 3.85. The van der Waals surface area contributed by atoms with Crippen LogP contribution in [-0.4, -0.2) is 18.0 Å². The Morgan fingerprint density at radius 2 is 1.68 bits per heavy atom. The standard InChI is InChI=1S/C25H20Cl2N2O2/c1-14-10-15(2)24-19(11-14)20(25(30)28-17-6-9-21(26)22(27)12-17)13-23(29-24)16-4-7-18(31-3)8-5-16/h4-13H,1-3H3,(H,28,30). The first-order valence-electron chi connectivity index (χ1n) is 9.68. The van der Waals surface area contributed by atoms with Gasteiger partial charge in [0.15, 0.2) is 0 Å². The molecule has 156 valence electrons. The first-order chi connectivity index (χ1) is 14.9. The summed E-state index contributed by atoms with van der Waals surface area (Å²) in [7, 11) is 1.63. The number of rotatable bonds is 4. The minimum absolute atomic E-state index is 0.245. The number of hydrogen-bond acceptors (Lipinski definition) is 3. The molecule has 4 aromatic rings. The molecule has 0 radical (unpaired) electrons. The Labute approximate surface area is 190 Å². The molecule has 0 aliphatic carbocycles. The summed E-state index contributed by atoms with van der Waals surface area (Å²) in [5, 5.41) is 4.53. The highest BCUT2D eigenvalue weighted by molar-refractivity contribution is 6.42. The number of aryl methyl sites for hydroxylation is 2. The second-order valence-electron chi connectivity index (χ2n) is 7.34. The zero-order chi connectivity index (χ0) is 22.1. The number of amides is 1. The van der Waals surface area contributed by atoms with E-state index in [1.54, 1.807) is 25.3 Å². The maximum absolute atomic E-state index is 13.3. The lowest BCUT2D eigenvalue weighted by atomic mass is 9.99. The van der Waals surface area contributed by atoms with Crippen LogP contribution in [-0.2, 0) is 0 Å². The van der Waals surface area contributed by atoms with Crippen molar-refractivity contribution in [3.63, 3.8) is 0 Å². The number of benzene rings is 3. The van der Waals surface area contributed by atoms with Crippen molar-refractivity contribution in [3.05, 3.63) is 87.4 Å². The molecule has 31 heavy (non-hydrogen) atoms. The SMILES string of the molecule is COc1ccc(-c2cc(C(=O)Nc3ccc(Cl)c(Cl)c3)c3cc(C)cc(C)c3n2)cc1. The monoisotopic (exact) mass is 450 g/mol. The van der Waals surface area contributed by atoms with Crippen molar-refractivity contribution in [2.45, 2.75) is 13.8 Å². The summed E-state index contributed by atoms with van der Waals surface area (Å²) in [6.07, 6.45) is 0. The Morgan fingerprint density at radius 1 is 0.935 bits per heavy atom. The largest absolute Gasteiger partial charge is 0.497 e. The molecule has 1 heterocycles. The van der Waals surface area contributed by atoms with Crippen LogP contribution in [0.4, 0.5) is 5.69 Å². The van der Waals surface area contributed by atoms with E-state index in [0.29, 0.717) is 27.0 Å². The van der Waals surface area contributed by atoms with Gasteiger partial charge >= 0.3 is 0 Å². The maximum atomic E-state index is 13.3. The molecule has 0 aliphatic rings. The number of hydrogen-bond donors (Lipinski definition) is 1. The Hall–Kier alpha value is -3.08. The predicted molar refractivity (Wildman–Crippen MR) is 128 cm³/mol. The Morgan fingerprint density at radius 3 is 2.35 bits per heavy atom. The molecule has 0 saturated heterocycles. The number of pyridine rings is 1. The molecule has 0 aliphatic heterocycles. The zero-order valence-corrected chi connectivity index (χ0v) is 18.8. The number of nitrogens with zero attached hydrogens (tertiary/aromatic N) is 1. The normalized spacial score (nSPS) is 10.9. The molecular formula is C25H20Cl2N2O2. The van der Waals surface area contributed by atoms with Gasteiger partial charge < -0.3 is 10.1 Å². The van der Waals surface area contributed by atoms with Crippen LogP contribution < -0.4 is 10.1 Å². The van der Waals surface area contributed by atoms with Crippen LogP contribution in [0.15, 0.2) is 60.7 Å². The molecule has 0 saturated carbocycles. The van der Waals surface area contributed by atoms with Crippen molar-refractivity contribution in [1.29, 1.82) is 0 Å². The second-order valence-corrected chi connectivity index (χ2v) is 8.16. The summed E-state index contributed by atoms with van der Waals surface area (Å²) in [4.78, 5) is 18.2. The lowest BCUT2D eigenvalue weighted by Crippen LogP contribution is -2.13. The van der Waals surface area contributed by atoms with E-state index >= 15 is 0 Å². The van der Waals surface area contributed by atoms with Crippen LogP contribution in [0.5, 0.6) is 5.75 Å². The highest BCUT2D eigenvalue weighted by atomic mass is 35.5. The van der Waals surface area contributed by atoms with Gasteiger partial charge in [-0.2, -0.15) is 0 Å². The third kappa shape index (κ3) is 4.36. The van der Waals surface area contributed by atoms with Crippen LogP contribution in [0.3, 0.4) is 0 Å². The zero-order valence-electron chi connectivity index (χ0n) is 17.3. The van der Waals surface area contributed by atoms with Crippen LogP contribution in [0.1, 0.15) is 21.5 Å². The molecular weight excluding hydrogens is 431 g/mol. The summed E-state index contributed by atoms with van der Waals surface area (Å²) < 4.78 is 5.25. The third-order valence-electron chi connectivity index (χ3n) is 5.06. The topological polar surface area (TPSA) is 51.2 Å². The molecule has 0 spiro atoms. The van der Waals surface area contributed by atoms with Crippen molar-refractivity contribution >= 4 is 45.7 Å². The van der Waals surface area contributed by atoms with E-state index < -0.39 is 0 Å². The number of nitrogens with one attached hydrogen (secondary N) is 1. The van der Waals surface area contributed by atoms with Gasteiger partial charge in [-0.15, -0.1) is 0 Å². The number of methoxy groups -OCH3 is 1. The Kier molecular flexibility index (Phi) is 5.86. The lowest BCUT2D eigenvalue weighted by molar-refractivity contribution is 0.102. The van der Waals surface area contributed by atoms with Crippen molar-refractivity contribution in [1.82, 2.24) is 4.98 Å². The number of anilines is 1. The van der Waals surface area contributed by atoms with Gasteiger partial charge in [0, 0.05) is 16.6 Å². The Bertz CT molecular complexity index is 1300. The molecule has 0 fully saturated rings. The summed E-state index contributed by atoms with van der Waals surface area (Å²) in [6.45, 7) is 4.01. The predicted octanol–water partition coefficient (Wildman–Crippen LogP) is 7.09. The fraction of sp³-hybridized carbons (Fsp3) is 0.120. The summed E-state index contributed by atoms with van der Waals surface area (Å²) in [6, 6.07) is 18.5. The number of ether oxygens (including phenoxy) is 1. The molecule has 1 amide bonds. The number of halogens is 2. The molecule has 0 unspecified atom stereocenters.